The maximum atomic E-state index is 4.69. The van der Waals surface area contributed by atoms with Crippen LogP contribution in [0, 0.1) is 0 Å². The van der Waals surface area contributed by atoms with E-state index in [2.05, 4.69) is 148 Å². The van der Waals surface area contributed by atoms with Crippen LogP contribution in [0.2, 0.25) is 0 Å². The first-order chi connectivity index (χ1) is 23.3. The minimum Gasteiger partial charge on any atom is -0.292 e. The zero-order valence-electron chi connectivity index (χ0n) is 25.3. The Labute approximate surface area is 276 Å². The first kappa shape index (κ1) is 26.5. The smallest absolute Gasteiger partial charge is 0.137 e. The second-order valence-corrected chi connectivity index (χ2v) is 13.3. The second-order valence-electron chi connectivity index (χ2n) is 12.2. The number of rotatable bonds is 2. The summed E-state index contributed by atoms with van der Waals surface area (Å²) in [4.78, 5) is 11.8. The van der Waals surface area contributed by atoms with E-state index in [9.17, 15) is 0 Å². The van der Waals surface area contributed by atoms with E-state index >= 15 is 0 Å². The summed E-state index contributed by atoms with van der Waals surface area (Å²) in [5.41, 5.74) is 11.8. The fourth-order valence-corrected chi connectivity index (χ4v) is 9.06. The highest BCUT2D eigenvalue weighted by atomic mass is 32.2. The fraction of sp³-hybridized carbons (Fsp3) is 0.0233. The van der Waals surface area contributed by atoms with Gasteiger partial charge >= 0.3 is 0 Å². The highest BCUT2D eigenvalue weighted by Crippen LogP contribution is 2.58. The Hall–Kier alpha value is -5.71. The van der Waals surface area contributed by atoms with Gasteiger partial charge in [0.05, 0.1) is 22.6 Å². The lowest BCUT2D eigenvalue weighted by Crippen LogP contribution is -2.35. The van der Waals surface area contributed by atoms with E-state index in [-0.39, 0.29) is 0 Å². The molecule has 0 unspecified atom stereocenters. The van der Waals surface area contributed by atoms with Crippen molar-refractivity contribution < 1.29 is 0 Å². The Morgan fingerprint density at radius 3 is 1.98 bits per heavy atom. The molecule has 2 aliphatic rings. The van der Waals surface area contributed by atoms with Gasteiger partial charge in [0, 0.05) is 33.0 Å². The molecule has 5 aromatic carbocycles. The zero-order valence-corrected chi connectivity index (χ0v) is 26.2. The van der Waals surface area contributed by atoms with E-state index in [0.717, 1.165) is 22.2 Å². The number of pyridine rings is 2. The molecule has 3 aromatic heterocycles. The van der Waals surface area contributed by atoms with Crippen LogP contribution in [0.15, 0.2) is 162 Å². The molecule has 1 aliphatic carbocycles. The standard InChI is InChI=1S/C43H27N3S/c1-2-10-34-28(9-1)16-17-29-18-19-31(26-37(29)43(34)35-11-3-5-13-40(35)47-41-14-6-4-12-36(41)43)30-20-21-38-33(25-30)32-22-24-44-27-39(32)46(38)42-15-7-8-23-45-42/h1-27H. The monoisotopic (exact) mass is 617 g/mol. The van der Waals surface area contributed by atoms with Crippen molar-refractivity contribution in [2.75, 3.05) is 0 Å². The Bertz CT molecular complexity index is 2520. The summed E-state index contributed by atoms with van der Waals surface area (Å²) in [6.45, 7) is 0. The molecule has 0 saturated heterocycles. The van der Waals surface area contributed by atoms with Crippen LogP contribution >= 0.6 is 11.8 Å². The van der Waals surface area contributed by atoms with Crippen molar-refractivity contribution >= 4 is 45.7 Å². The Kier molecular flexibility index (Phi) is 5.72. The normalized spacial score (nSPS) is 14.0. The molecule has 0 saturated carbocycles. The van der Waals surface area contributed by atoms with Gasteiger partial charge in [0.25, 0.3) is 0 Å². The number of aromatic nitrogens is 3. The fourth-order valence-electron chi connectivity index (χ4n) is 7.87. The molecule has 10 rings (SSSR count). The van der Waals surface area contributed by atoms with E-state index < -0.39 is 5.41 Å². The summed E-state index contributed by atoms with van der Waals surface area (Å²) in [6.07, 6.45) is 10.3. The lowest BCUT2D eigenvalue weighted by atomic mass is 9.63. The van der Waals surface area contributed by atoms with Crippen molar-refractivity contribution in [3.05, 3.63) is 185 Å². The minimum absolute atomic E-state index is 0.478. The van der Waals surface area contributed by atoms with E-state index in [4.69, 9.17) is 0 Å². The van der Waals surface area contributed by atoms with Crippen LogP contribution in [0.25, 0.3) is 50.9 Å². The highest BCUT2D eigenvalue weighted by molar-refractivity contribution is 7.99. The van der Waals surface area contributed by atoms with Gasteiger partial charge < -0.3 is 0 Å². The molecule has 4 heterocycles. The summed E-state index contributed by atoms with van der Waals surface area (Å²) < 4.78 is 2.21. The molecule has 47 heavy (non-hydrogen) atoms. The van der Waals surface area contributed by atoms with Crippen molar-refractivity contribution in [1.29, 1.82) is 0 Å². The van der Waals surface area contributed by atoms with E-state index in [0.29, 0.717) is 0 Å². The van der Waals surface area contributed by atoms with Crippen LogP contribution in [0.5, 0.6) is 0 Å². The molecule has 4 heteroatoms. The van der Waals surface area contributed by atoms with Crippen LogP contribution in [0.3, 0.4) is 0 Å². The van der Waals surface area contributed by atoms with Crippen molar-refractivity contribution in [2.45, 2.75) is 15.2 Å². The maximum Gasteiger partial charge on any atom is 0.137 e. The van der Waals surface area contributed by atoms with Gasteiger partial charge in [-0.1, -0.05) is 109 Å². The van der Waals surface area contributed by atoms with Gasteiger partial charge in [0.15, 0.2) is 0 Å². The van der Waals surface area contributed by atoms with E-state index in [1.807, 2.05) is 42.5 Å². The number of hydrogen-bond donors (Lipinski definition) is 0. The van der Waals surface area contributed by atoms with E-state index in [1.165, 1.54) is 59.7 Å². The molecule has 8 aromatic rings. The Morgan fingerprint density at radius 1 is 0.511 bits per heavy atom. The summed E-state index contributed by atoms with van der Waals surface area (Å²) in [6, 6.07) is 48.9. The third-order valence-corrected chi connectivity index (χ3v) is 11.0. The topological polar surface area (TPSA) is 30.7 Å². The second kappa shape index (κ2) is 10.1. The third kappa shape index (κ3) is 3.76. The molecule has 1 aliphatic heterocycles. The Balaban J connectivity index is 1.26. The van der Waals surface area contributed by atoms with Gasteiger partial charge in [0.1, 0.15) is 5.82 Å². The maximum absolute atomic E-state index is 4.69. The van der Waals surface area contributed by atoms with Crippen LogP contribution in [0.1, 0.15) is 33.4 Å². The lowest BCUT2D eigenvalue weighted by molar-refractivity contribution is 0.701. The number of nitrogens with zero attached hydrogens (tertiary/aromatic N) is 3. The van der Waals surface area contributed by atoms with Crippen LogP contribution in [0.4, 0.5) is 0 Å². The van der Waals surface area contributed by atoms with Crippen LogP contribution in [-0.4, -0.2) is 14.5 Å². The molecule has 0 radical (unpaired) electrons. The number of hydrogen-bond acceptors (Lipinski definition) is 3. The Morgan fingerprint density at radius 2 is 1.19 bits per heavy atom. The van der Waals surface area contributed by atoms with Crippen molar-refractivity contribution in [1.82, 2.24) is 14.5 Å². The van der Waals surface area contributed by atoms with Crippen molar-refractivity contribution in [2.24, 2.45) is 0 Å². The van der Waals surface area contributed by atoms with Crippen LogP contribution in [-0.2, 0) is 5.41 Å². The summed E-state index contributed by atoms with van der Waals surface area (Å²) >= 11 is 1.88. The predicted octanol–water partition coefficient (Wildman–Crippen LogP) is 10.6. The van der Waals surface area contributed by atoms with Crippen LogP contribution < -0.4 is 0 Å². The zero-order chi connectivity index (χ0) is 31.0. The van der Waals surface area contributed by atoms with Crippen molar-refractivity contribution in [3.8, 4) is 16.9 Å². The van der Waals surface area contributed by atoms with Gasteiger partial charge in [-0.15, -0.1) is 0 Å². The van der Waals surface area contributed by atoms with E-state index in [1.54, 1.807) is 0 Å². The molecular formula is C43H27N3S. The SMILES string of the molecule is C1=Cc2ccc(-c3ccc4c(c3)c3ccncc3n4-c3ccccn3)cc2C2(c3ccccc31)c1ccccc1Sc1ccccc12. The van der Waals surface area contributed by atoms with Gasteiger partial charge in [-0.25, -0.2) is 4.98 Å². The highest BCUT2D eigenvalue weighted by Gasteiger charge is 2.46. The van der Waals surface area contributed by atoms with Gasteiger partial charge in [-0.05, 0) is 93.0 Å². The van der Waals surface area contributed by atoms with Gasteiger partial charge in [0.2, 0.25) is 0 Å². The molecule has 0 fully saturated rings. The van der Waals surface area contributed by atoms with Gasteiger partial charge in [-0.3, -0.25) is 9.55 Å². The number of fused-ring (bicyclic) bond motifs is 11. The molecule has 0 N–H and O–H groups in total. The number of benzene rings is 5. The molecular weight excluding hydrogens is 591 g/mol. The summed E-state index contributed by atoms with van der Waals surface area (Å²) in [7, 11) is 0. The molecule has 0 bridgehead atoms. The minimum atomic E-state index is -0.478. The molecule has 1 spiro atoms. The average Bonchev–Trinajstić information content (AvgIpc) is 3.39. The lowest BCUT2D eigenvalue weighted by Gasteiger charge is -2.42. The first-order valence-electron chi connectivity index (χ1n) is 15.9. The molecule has 0 amide bonds. The predicted molar refractivity (Wildman–Crippen MR) is 193 cm³/mol. The first-order valence-corrected chi connectivity index (χ1v) is 16.7. The molecule has 0 atom stereocenters. The molecule has 220 valence electrons. The quantitative estimate of drug-likeness (QED) is 0.193. The summed E-state index contributed by atoms with van der Waals surface area (Å²) in [5.74, 6) is 0.887. The summed E-state index contributed by atoms with van der Waals surface area (Å²) in [5, 5.41) is 2.35. The molecule has 3 nitrogen and oxygen atoms in total. The average molecular weight is 618 g/mol. The van der Waals surface area contributed by atoms with Gasteiger partial charge in [-0.2, -0.15) is 0 Å². The van der Waals surface area contributed by atoms with Crippen molar-refractivity contribution in [3.63, 3.8) is 0 Å². The third-order valence-electron chi connectivity index (χ3n) is 9.85. The largest absolute Gasteiger partial charge is 0.292 e.